The van der Waals surface area contributed by atoms with E-state index < -0.39 is 13.1 Å². The first-order chi connectivity index (χ1) is 15.4. The Labute approximate surface area is 191 Å². The van der Waals surface area contributed by atoms with E-state index in [2.05, 4.69) is 10.2 Å². The highest BCUT2D eigenvalue weighted by Gasteiger charge is 2.18. The van der Waals surface area contributed by atoms with Gasteiger partial charge in [0.15, 0.2) is 0 Å². The van der Waals surface area contributed by atoms with Crippen molar-refractivity contribution in [2.24, 2.45) is 0 Å². The minimum atomic E-state index is -0.732. The summed E-state index contributed by atoms with van der Waals surface area (Å²) in [4.78, 5) is 16.3. The summed E-state index contributed by atoms with van der Waals surface area (Å²) in [6, 6.07) is 17.1. The first-order valence-corrected chi connectivity index (χ1v) is 11.1. The molecular formula is C25H33BN2O4. The molecule has 3 aromatic rings. The van der Waals surface area contributed by atoms with Crippen molar-refractivity contribution in [2.45, 2.75) is 53.4 Å². The van der Waals surface area contributed by atoms with Gasteiger partial charge in [0, 0.05) is 12.0 Å². The average Bonchev–Trinajstić information content (AvgIpc) is 3.16. The summed E-state index contributed by atoms with van der Waals surface area (Å²) < 4.78 is 11.6. The minimum Gasteiger partial charge on any atom is -0.493 e. The van der Waals surface area contributed by atoms with Gasteiger partial charge >= 0.3 is 7.05 Å². The van der Waals surface area contributed by atoms with E-state index in [1.165, 1.54) is 6.92 Å². The van der Waals surface area contributed by atoms with Gasteiger partial charge in [-0.25, -0.2) is 4.98 Å². The molecule has 0 spiro atoms. The van der Waals surface area contributed by atoms with Crippen LogP contribution in [0.5, 0.6) is 5.75 Å². The summed E-state index contributed by atoms with van der Waals surface area (Å²) in [5, 5.41) is 12.3. The van der Waals surface area contributed by atoms with E-state index in [9.17, 15) is 9.82 Å². The van der Waals surface area contributed by atoms with E-state index in [-0.39, 0.29) is 5.78 Å². The largest absolute Gasteiger partial charge is 0.493 e. The number of nitrogens with one attached hydrogen (secondary N) is 1. The number of benzene rings is 2. The zero-order valence-corrected chi connectivity index (χ0v) is 19.6. The Morgan fingerprint density at radius 3 is 2.41 bits per heavy atom. The van der Waals surface area contributed by atoms with Gasteiger partial charge in [-0.3, -0.25) is 4.79 Å². The van der Waals surface area contributed by atoms with Crippen molar-refractivity contribution >= 4 is 12.8 Å². The van der Waals surface area contributed by atoms with Crippen molar-refractivity contribution in [3.63, 3.8) is 0 Å². The molecule has 7 heteroatoms. The zero-order chi connectivity index (χ0) is 23.5. The third-order valence-corrected chi connectivity index (χ3v) is 4.82. The Bertz CT molecular complexity index is 956. The average molecular weight is 436 g/mol. The molecule has 0 saturated heterocycles. The zero-order valence-electron chi connectivity index (χ0n) is 19.6. The van der Waals surface area contributed by atoms with Crippen molar-refractivity contribution in [3.8, 4) is 17.2 Å². The van der Waals surface area contributed by atoms with E-state index in [1.807, 2.05) is 75.4 Å². The van der Waals surface area contributed by atoms with Gasteiger partial charge in [0.2, 0.25) is 5.89 Å². The van der Waals surface area contributed by atoms with E-state index in [1.54, 1.807) is 6.82 Å². The Balaban J connectivity index is 0.00000176. The second-order valence-corrected chi connectivity index (χ2v) is 7.34. The second-order valence-electron chi connectivity index (χ2n) is 7.34. The minimum absolute atomic E-state index is 0.00548. The van der Waals surface area contributed by atoms with Crippen molar-refractivity contribution in [2.75, 3.05) is 6.61 Å². The van der Waals surface area contributed by atoms with Gasteiger partial charge in [-0.2, -0.15) is 0 Å². The van der Waals surface area contributed by atoms with Gasteiger partial charge in [-0.15, -0.1) is 0 Å². The molecule has 0 aliphatic heterocycles. The van der Waals surface area contributed by atoms with E-state index in [4.69, 9.17) is 9.15 Å². The number of carbonyl (C=O) groups is 1. The number of rotatable bonds is 10. The molecule has 1 atom stereocenters. The molecule has 0 fully saturated rings. The number of aromatic nitrogens is 1. The lowest BCUT2D eigenvalue weighted by Gasteiger charge is -2.16. The first kappa shape index (κ1) is 25.4. The van der Waals surface area contributed by atoms with Gasteiger partial charge in [0.1, 0.15) is 17.3 Å². The van der Waals surface area contributed by atoms with Gasteiger partial charge in [0.25, 0.3) is 0 Å². The number of hydrogen-bond donors (Lipinski definition) is 2. The molecular weight excluding hydrogens is 403 g/mol. The van der Waals surface area contributed by atoms with Crippen molar-refractivity contribution in [1.29, 1.82) is 0 Å². The molecule has 1 aromatic heterocycles. The maximum atomic E-state index is 11.7. The van der Waals surface area contributed by atoms with Crippen LogP contribution in [0.1, 0.15) is 37.8 Å². The lowest BCUT2D eigenvalue weighted by Crippen LogP contribution is -2.45. The van der Waals surface area contributed by atoms with E-state index in [0.717, 1.165) is 28.3 Å². The molecule has 0 saturated carbocycles. The smallest absolute Gasteiger partial charge is 0.374 e. The van der Waals surface area contributed by atoms with Crippen LogP contribution in [-0.2, 0) is 17.6 Å². The van der Waals surface area contributed by atoms with Crippen LogP contribution in [0.25, 0.3) is 11.5 Å². The molecule has 6 nitrogen and oxygen atoms in total. The molecule has 2 N–H and O–H groups in total. The first-order valence-electron chi connectivity index (χ1n) is 11.1. The molecule has 0 bridgehead atoms. The summed E-state index contributed by atoms with van der Waals surface area (Å²) in [7, 11) is -0.732. The number of aryl methyl sites for hydroxylation is 1. The molecule has 0 aliphatic carbocycles. The molecule has 3 rings (SSSR count). The number of carbonyl (C=O) groups excluding carboxylic acids is 1. The molecule has 32 heavy (non-hydrogen) atoms. The van der Waals surface area contributed by atoms with Gasteiger partial charge in [-0.1, -0.05) is 44.2 Å². The molecule has 0 amide bonds. The van der Waals surface area contributed by atoms with Crippen LogP contribution >= 0.6 is 0 Å². The summed E-state index contributed by atoms with van der Waals surface area (Å²) in [6.07, 6.45) is 1.16. The normalized spacial score (nSPS) is 11.3. The fourth-order valence-electron chi connectivity index (χ4n) is 3.20. The van der Waals surface area contributed by atoms with Crippen LogP contribution < -0.4 is 9.96 Å². The molecule has 0 radical (unpaired) electrons. The summed E-state index contributed by atoms with van der Waals surface area (Å²) >= 11 is 0. The molecule has 0 aliphatic rings. The number of hydrogen-bond acceptors (Lipinski definition) is 6. The third-order valence-electron chi connectivity index (χ3n) is 4.82. The topological polar surface area (TPSA) is 84.6 Å². The number of ether oxygens (including phenoxy) is 1. The van der Waals surface area contributed by atoms with Crippen LogP contribution in [0.15, 0.2) is 59.0 Å². The third kappa shape index (κ3) is 7.66. The summed E-state index contributed by atoms with van der Waals surface area (Å²) in [5.74, 6) is 2.17. The number of ketones is 1. The Morgan fingerprint density at radius 2 is 1.81 bits per heavy atom. The number of Topliss-reactive ketones (excluding diaryl/α,β-unsaturated/α-hetero) is 1. The van der Waals surface area contributed by atoms with Crippen LogP contribution in [0.4, 0.5) is 0 Å². The SMILES string of the molecule is CB(O)NC(Cc1ccc(OCCc2nc(-c3ccccc3)oc2C)cc1)C(C)=O.CC. The molecule has 2 aromatic carbocycles. The van der Waals surface area contributed by atoms with E-state index >= 15 is 0 Å². The Hall–Kier alpha value is -2.90. The monoisotopic (exact) mass is 436 g/mol. The quantitative estimate of drug-likeness (QED) is 0.456. The maximum absolute atomic E-state index is 11.7. The fraction of sp³-hybridized carbons (Fsp3) is 0.360. The van der Waals surface area contributed by atoms with E-state index in [0.29, 0.717) is 25.3 Å². The highest BCUT2D eigenvalue weighted by Crippen LogP contribution is 2.22. The van der Waals surface area contributed by atoms with Crippen LogP contribution in [-0.4, -0.2) is 35.5 Å². The predicted molar refractivity (Wildman–Crippen MR) is 129 cm³/mol. The van der Waals surface area contributed by atoms with Crippen LogP contribution in [0.3, 0.4) is 0 Å². The summed E-state index contributed by atoms with van der Waals surface area (Å²) in [6.45, 7) is 9.52. The molecule has 1 unspecified atom stereocenters. The van der Waals surface area contributed by atoms with Crippen LogP contribution in [0, 0.1) is 6.92 Å². The van der Waals surface area contributed by atoms with Crippen molar-refractivity contribution in [1.82, 2.24) is 10.2 Å². The summed E-state index contributed by atoms with van der Waals surface area (Å²) in [5.41, 5.74) is 2.84. The highest BCUT2D eigenvalue weighted by molar-refractivity contribution is 6.46. The van der Waals surface area contributed by atoms with Gasteiger partial charge in [-0.05, 0) is 56.9 Å². The standard InChI is InChI=1S/C23H27BN2O4.C2H6/c1-16(27)22(26-24(3)28)15-18-9-11-20(12-10-18)29-14-13-21-17(2)30-23(25-21)19-7-5-4-6-8-19;1-2/h4-12,22,26,28H,13-15H2,1-3H3;1-2H3. The fourth-order valence-corrected chi connectivity index (χ4v) is 3.20. The second kappa shape index (κ2) is 12.8. The van der Waals surface area contributed by atoms with Gasteiger partial charge < -0.3 is 19.4 Å². The lowest BCUT2D eigenvalue weighted by molar-refractivity contribution is -0.118. The molecule has 1 heterocycles. The van der Waals surface area contributed by atoms with Gasteiger partial charge in [0.05, 0.1) is 18.3 Å². The van der Waals surface area contributed by atoms with Crippen molar-refractivity contribution < 1.29 is 19.0 Å². The number of oxazole rings is 1. The van der Waals surface area contributed by atoms with Crippen molar-refractivity contribution in [3.05, 3.63) is 71.6 Å². The molecule has 170 valence electrons. The maximum Gasteiger partial charge on any atom is 0.374 e. The highest BCUT2D eigenvalue weighted by atomic mass is 16.5. The predicted octanol–water partition coefficient (Wildman–Crippen LogP) is 4.50. The van der Waals surface area contributed by atoms with Crippen LogP contribution in [0.2, 0.25) is 6.82 Å². The Kier molecular flexibility index (Phi) is 10.2. The lowest BCUT2D eigenvalue weighted by atomic mass is 9.85. The Morgan fingerprint density at radius 1 is 1.16 bits per heavy atom. The number of nitrogens with zero attached hydrogens (tertiary/aromatic N) is 1.